The van der Waals surface area contributed by atoms with E-state index >= 15 is 0 Å². The number of Topliss-reactive ketones (excluding diaryl/α,β-unsaturated/α-hetero) is 1. The lowest BCUT2D eigenvalue weighted by molar-refractivity contribution is -0.116. The summed E-state index contributed by atoms with van der Waals surface area (Å²) < 4.78 is 2.21. The molecule has 7 heteroatoms. The lowest BCUT2D eigenvalue weighted by Crippen LogP contribution is -2.13. The zero-order chi connectivity index (χ0) is 21.1. The molecule has 1 aromatic carbocycles. The summed E-state index contributed by atoms with van der Waals surface area (Å²) in [4.78, 5) is 26.8. The van der Waals surface area contributed by atoms with Gasteiger partial charge in [0.15, 0.2) is 11.6 Å². The summed E-state index contributed by atoms with van der Waals surface area (Å²) in [5.41, 5.74) is 2.45. The van der Waals surface area contributed by atoms with Gasteiger partial charge < -0.3 is 9.88 Å². The highest BCUT2D eigenvalue weighted by atomic mass is 32.1. The van der Waals surface area contributed by atoms with Crippen molar-refractivity contribution in [2.24, 2.45) is 0 Å². The van der Waals surface area contributed by atoms with Crippen LogP contribution in [0.4, 0.5) is 5.69 Å². The van der Waals surface area contributed by atoms with Gasteiger partial charge in [-0.15, -0.1) is 21.5 Å². The highest BCUT2D eigenvalue weighted by Gasteiger charge is 2.17. The number of aryl methyl sites for hydroxylation is 3. The van der Waals surface area contributed by atoms with Crippen molar-refractivity contribution in [3.05, 3.63) is 51.5 Å². The molecular formula is C23H26N4O2S. The third-order valence-corrected chi connectivity index (χ3v) is 6.42. The predicted molar refractivity (Wildman–Crippen MR) is 119 cm³/mol. The number of ketones is 1. The van der Waals surface area contributed by atoms with Crippen LogP contribution in [0.15, 0.2) is 30.3 Å². The molecule has 0 atom stereocenters. The second-order valence-corrected chi connectivity index (χ2v) is 9.24. The lowest BCUT2D eigenvalue weighted by atomic mass is 10.1. The first-order valence-corrected chi connectivity index (χ1v) is 11.3. The van der Waals surface area contributed by atoms with Crippen LogP contribution < -0.4 is 5.32 Å². The molecule has 0 aliphatic carbocycles. The van der Waals surface area contributed by atoms with Crippen molar-refractivity contribution in [1.29, 1.82) is 0 Å². The van der Waals surface area contributed by atoms with Crippen molar-refractivity contribution >= 4 is 28.7 Å². The minimum atomic E-state index is -0.156. The molecule has 1 amide bonds. The van der Waals surface area contributed by atoms with E-state index in [0.29, 0.717) is 0 Å². The van der Waals surface area contributed by atoms with Crippen molar-refractivity contribution in [3.63, 3.8) is 0 Å². The minimum Gasteiger partial charge on any atom is -0.326 e. The van der Waals surface area contributed by atoms with Gasteiger partial charge in [-0.1, -0.05) is 6.42 Å². The summed E-state index contributed by atoms with van der Waals surface area (Å²) >= 11 is 1.61. The van der Waals surface area contributed by atoms with E-state index in [1.54, 1.807) is 11.3 Å². The number of fused-ring (bicyclic) bond motifs is 1. The zero-order valence-electron chi connectivity index (χ0n) is 17.4. The third-order valence-electron chi connectivity index (χ3n) is 5.46. The molecule has 3 aromatic rings. The summed E-state index contributed by atoms with van der Waals surface area (Å²) in [5.74, 6) is 1.81. The fourth-order valence-corrected chi connectivity index (χ4v) is 4.84. The number of carbonyl (C=O) groups is 2. The average Bonchev–Trinajstić information content (AvgIpc) is 3.20. The maximum absolute atomic E-state index is 12.4. The molecule has 0 bridgehead atoms. The van der Waals surface area contributed by atoms with E-state index in [-0.39, 0.29) is 24.5 Å². The van der Waals surface area contributed by atoms with Gasteiger partial charge >= 0.3 is 0 Å². The molecule has 0 saturated carbocycles. The van der Waals surface area contributed by atoms with Gasteiger partial charge in [-0.25, -0.2) is 0 Å². The smallest absolute Gasteiger partial charge is 0.224 e. The molecule has 0 unspecified atom stereocenters. The van der Waals surface area contributed by atoms with E-state index in [2.05, 4.69) is 20.1 Å². The number of hydrogen-bond acceptors (Lipinski definition) is 5. The first-order chi connectivity index (χ1) is 14.5. The van der Waals surface area contributed by atoms with Crippen molar-refractivity contribution in [2.45, 2.75) is 58.9 Å². The van der Waals surface area contributed by atoms with Gasteiger partial charge in [-0.3, -0.25) is 9.59 Å². The van der Waals surface area contributed by atoms with Crippen LogP contribution in [0.2, 0.25) is 0 Å². The number of thiophene rings is 1. The molecule has 30 heavy (non-hydrogen) atoms. The lowest BCUT2D eigenvalue weighted by Gasteiger charge is -2.09. The molecule has 156 valence electrons. The standard InChI is InChI=1S/C23H26N4O2S/c1-15-14-19(16(2)30-15)20(28)11-12-22(29)24-18-9-7-17(8-10-18)23-26-25-21-6-4-3-5-13-27(21)23/h7-10,14H,3-6,11-13H2,1-2H3,(H,24,29). The number of anilines is 1. The number of amides is 1. The Kier molecular flexibility index (Phi) is 6.08. The molecule has 1 aliphatic heterocycles. The molecule has 3 heterocycles. The number of benzene rings is 1. The maximum atomic E-state index is 12.4. The van der Waals surface area contributed by atoms with Gasteiger partial charge in [0.2, 0.25) is 5.91 Å². The highest BCUT2D eigenvalue weighted by molar-refractivity contribution is 7.12. The summed E-state index contributed by atoms with van der Waals surface area (Å²) in [6.07, 6.45) is 4.90. The molecule has 6 nitrogen and oxygen atoms in total. The largest absolute Gasteiger partial charge is 0.326 e. The second kappa shape index (κ2) is 8.92. The Morgan fingerprint density at radius 2 is 1.87 bits per heavy atom. The number of nitrogens with one attached hydrogen (secondary N) is 1. The summed E-state index contributed by atoms with van der Waals surface area (Å²) in [7, 11) is 0. The Morgan fingerprint density at radius 3 is 2.60 bits per heavy atom. The fraction of sp³-hybridized carbons (Fsp3) is 0.391. The highest BCUT2D eigenvalue weighted by Crippen LogP contribution is 2.25. The molecule has 2 aromatic heterocycles. The molecule has 1 aliphatic rings. The van der Waals surface area contributed by atoms with Crippen LogP contribution in [0.1, 0.15) is 58.0 Å². The summed E-state index contributed by atoms with van der Waals surface area (Å²) in [5, 5.41) is 11.6. The quantitative estimate of drug-likeness (QED) is 0.570. The van der Waals surface area contributed by atoms with Crippen molar-refractivity contribution in [3.8, 4) is 11.4 Å². The first kappa shape index (κ1) is 20.5. The predicted octanol–water partition coefficient (Wildman–Crippen LogP) is 4.95. The first-order valence-electron chi connectivity index (χ1n) is 10.4. The Labute approximate surface area is 180 Å². The summed E-state index contributed by atoms with van der Waals surface area (Å²) in [6, 6.07) is 9.57. The monoisotopic (exact) mass is 422 g/mol. The van der Waals surface area contributed by atoms with Crippen molar-refractivity contribution < 1.29 is 9.59 Å². The molecule has 0 saturated heterocycles. The molecule has 0 spiro atoms. The Balaban J connectivity index is 1.36. The number of carbonyl (C=O) groups excluding carboxylic acids is 2. The van der Waals surface area contributed by atoms with E-state index < -0.39 is 0 Å². The topological polar surface area (TPSA) is 76.9 Å². The van der Waals surface area contributed by atoms with Gasteiger partial charge in [-0.05, 0) is 57.0 Å². The van der Waals surface area contributed by atoms with Crippen LogP contribution in [0.5, 0.6) is 0 Å². The fourth-order valence-electron chi connectivity index (χ4n) is 3.89. The van der Waals surface area contributed by atoms with Crippen LogP contribution in [0.3, 0.4) is 0 Å². The summed E-state index contributed by atoms with van der Waals surface area (Å²) in [6.45, 7) is 4.88. The maximum Gasteiger partial charge on any atom is 0.224 e. The molecule has 1 N–H and O–H groups in total. The third kappa shape index (κ3) is 4.51. The van der Waals surface area contributed by atoms with E-state index in [1.165, 1.54) is 6.42 Å². The molecule has 0 fully saturated rings. The average molecular weight is 423 g/mol. The number of nitrogens with zero attached hydrogens (tertiary/aromatic N) is 3. The minimum absolute atomic E-state index is 0.0230. The number of rotatable bonds is 6. The number of aromatic nitrogens is 3. The molecule has 4 rings (SSSR count). The van der Waals surface area contributed by atoms with Gasteiger partial charge in [0.25, 0.3) is 0 Å². The van der Waals surface area contributed by atoms with Gasteiger partial charge in [0.05, 0.1) is 0 Å². The van der Waals surface area contributed by atoms with Gasteiger partial charge in [0.1, 0.15) is 5.82 Å². The SMILES string of the molecule is Cc1cc(C(=O)CCC(=O)Nc2ccc(-c3nnc4n3CCCCC4)cc2)c(C)s1. The van der Waals surface area contributed by atoms with Gasteiger partial charge in [-0.2, -0.15) is 0 Å². The van der Waals surface area contributed by atoms with Crippen LogP contribution in [0.25, 0.3) is 11.4 Å². The Morgan fingerprint density at radius 1 is 1.07 bits per heavy atom. The normalized spacial score (nSPS) is 13.5. The van der Waals surface area contributed by atoms with Crippen molar-refractivity contribution in [2.75, 3.05) is 5.32 Å². The van der Waals surface area contributed by atoms with E-state index in [0.717, 1.165) is 64.0 Å². The zero-order valence-corrected chi connectivity index (χ0v) is 18.2. The molecule has 0 radical (unpaired) electrons. The number of hydrogen-bond donors (Lipinski definition) is 1. The Hall–Kier alpha value is -2.80. The van der Waals surface area contributed by atoms with Crippen molar-refractivity contribution in [1.82, 2.24) is 14.8 Å². The van der Waals surface area contributed by atoms with E-state index in [1.807, 2.05) is 44.2 Å². The second-order valence-electron chi connectivity index (χ2n) is 7.78. The van der Waals surface area contributed by atoms with Crippen LogP contribution in [-0.4, -0.2) is 26.5 Å². The van der Waals surface area contributed by atoms with E-state index in [9.17, 15) is 9.59 Å². The Bertz CT molecular complexity index is 1070. The van der Waals surface area contributed by atoms with Crippen LogP contribution >= 0.6 is 11.3 Å². The van der Waals surface area contributed by atoms with E-state index in [4.69, 9.17) is 0 Å². The van der Waals surface area contributed by atoms with Crippen LogP contribution in [0, 0.1) is 13.8 Å². The van der Waals surface area contributed by atoms with Crippen LogP contribution in [-0.2, 0) is 17.8 Å². The van der Waals surface area contributed by atoms with Gasteiger partial charge in [0, 0.05) is 52.4 Å². The molecular weight excluding hydrogens is 396 g/mol.